The van der Waals surface area contributed by atoms with Crippen molar-refractivity contribution in [1.29, 1.82) is 0 Å². The molecule has 6 heteroatoms. The number of nitrogens with zero attached hydrogens (tertiary/aromatic N) is 2. The zero-order valence-corrected chi connectivity index (χ0v) is 17.2. The van der Waals surface area contributed by atoms with Gasteiger partial charge in [-0.1, -0.05) is 24.3 Å². The van der Waals surface area contributed by atoms with E-state index < -0.39 is 0 Å². The standard InChI is InChI=1S/C24H21N3O2S/c28-22(19-5-4-16-2-1-3-18(16)14-19)10-11-23(29)25-20-8-6-17(7-9-20)21-15-27-12-13-30-24(27)26-21/h4-9,12-15H,1-3,10-11H2,(H,25,29). The van der Waals surface area contributed by atoms with Gasteiger partial charge in [-0.05, 0) is 48.6 Å². The fourth-order valence-corrected chi connectivity index (χ4v) is 4.63. The molecule has 1 N–H and O–H groups in total. The topological polar surface area (TPSA) is 63.5 Å². The molecule has 0 atom stereocenters. The van der Waals surface area contributed by atoms with Gasteiger partial charge in [0.25, 0.3) is 0 Å². The summed E-state index contributed by atoms with van der Waals surface area (Å²) >= 11 is 1.59. The molecule has 0 spiro atoms. The summed E-state index contributed by atoms with van der Waals surface area (Å²) in [4.78, 5) is 30.3. The van der Waals surface area contributed by atoms with E-state index in [1.807, 2.05) is 58.6 Å². The van der Waals surface area contributed by atoms with Crippen LogP contribution >= 0.6 is 11.3 Å². The predicted molar refractivity (Wildman–Crippen MR) is 119 cm³/mol. The number of aromatic nitrogens is 2. The summed E-state index contributed by atoms with van der Waals surface area (Å²) < 4.78 is 1.99. The molecule has 0 saturated heterocycles. The molecule has 5 nitrogen and oxygen atoms in total. The molecule has 1 amide bonds. The van der Waals surface area contributed by atoms with Crippen molar-refractivity contribution in [3.8, 4) is 11.3 Å². The number of hydrogen-bond donors (Lipinski definition) is 1. The summed E-state index contributed by atoms with van der Waals surface area (Å²) in [6, 6.07) is 13.6. The molecule has 0 radical (unpaired) electrons. The lowest BCUT2D eigenvalue weighted by molar-refractivity contribution is -0.116. The van der Waals surface area contributed by atoms with E-state index in [1.165, 1.54) is 11.1 Å². The highest BCUT2D eigenvalue weighted by atomic mass is 32.1. The number of rotatable bonds is 6. The molecule has 4 aromatic rings. The zero-order valence-electron chi connectivity index (χ0n) is 16.4. The lowest BCUT2D eigenvalue weighted by atomic mass is 10.0. The van der Waals surface area contributed by atoms with Gasteiger partial charge in [-0.15, -0.1) is 11.3 Å². The number of anilines is 1. The van der Waals surface area contributed by atoms with Crippen LogP contribution in [0.1, 0.15) is 40.7 Å². The highest BCUT2D eigenvalue weighted by Gasteiger charge is 2.15. The Hall–Kier alpha value is -3.25. The minimum Gasteiger partial charge on any atom is -0.326 e. The van der Waals surface area contributed by atoms with Gasteiger partial charge in [-0.25, -0.2) is 4.98 Å². The summed E-state index contributed by atoms with van der Waals surface area (Å²) in [5.41, 5.74) is 5.96. The third kappa shape index (κ3) is 3.78. The van der Waals surface area contributed by atoms with Crippen LogP contribution < -0.4 is 5.32 Å². The van der Waals surface area contributed by atoms with E-state index in [0.29, 0.717) is 5.56 Å². The maximum atomic E-state index is 12.5. The Bertz CT molecular complexity index is 1210. The number of imidazole rings is 1. The van der Waals surface area contributed by atoms with E-state index in [1.54, 1.807) is 11.3 Å². The Morgan fingerprint density at radius 2 is 1.87 bits per heavy atom. The van der Waals surface area contributed by atoms with Crippen molar-refractivity contribution in [2.45, 2.75) is 32.1 Å². The number of amides is 1. The van der Waals surface area contributed by atoms with E-state index in [-0.39, 0.29) is 24.5 Å². The number of aryl methyl sites for hydroxylation is 2. The maximum Gasteiger partial charge on any atom is 0.224 e. The summed E-state index contributed by atoms with van der Waals surface area (Å²) in [6.45, 7) is 0. The Balaban J connectivity index is 1.17. The number of nitrogens with one attached hydrogen (secondary N) is 1. The van der Waals surface area contributed by atoms with Gasteiger partial charge >= 0.3 is 0 Å². The van der Waals surface area contributed by atoms with Crippen molar-refractivity contribution >= 4 is 33.7 Å². The van der Waals surface area contributed by atoms with E-state index >= 15 is 0 Å². The van der Waals surface area contributed by atoms with Crippen LogP contribution in [0.25, 0.3) is 16.2 Å². The van der Waals surface area contributed by atoms with Gasteiger partial charge in [-0.2, -0.15) is 0 Å². The van der Waals surface area contributed by atoms with Crippen LogP contribution in [0, 0.1) is 0 Å². The lowest BCUT2D eigenvalue weighted by Gasteiger charge is -2.07. The molecule has 2 heterocycles. The Labute approximate surface area is 178 Å². The van der Waals surface area contributed by atoms with E-state index in [9.17, 15) is 9.59 Å². The fourth-order valence-electron chi connectivity index (χ4n) is 3.93. The second-order valence-electron chi connectivity index (χ2n) is 7.60. The van der Waals surface area contributed by atoms with E-state index in [4.69, 9.17) is 0 Å². The molecule has 0 aliphatic heterocycles. The first-order chi connectivity index (χ1) is 14.7. The number of benzene rings is 2. The summed E-state index contributed by atoms with van der Waals surface area (Å²) in [6.07, 6.45) is 7.67. The van der Waals surface area contributed by atoms with Crippen LogP contribution in [-0.4, -0.2) is 21.1 Å². The highest BCUT2D eigenvalue weighted by molar-refractivity contribution is 7.15. The molecule has 0 bridgehead atoms. The number of Topliss-reactive ketones (excluding diaryl/α,β-unsaturated/α-hetero) is 1. The van der Waals surface area contributed by atoms with Gasteiger partial charge in [0, 0.05) is 47.4 Å². The van der Waals surface area contributed by atoms with Gasteiger partial charge in [0.1, 0.15) is 0 Å². The van der Waals surface area contributed by atoms with Gasteiger partial charge in [0.15, 0.2) is 10.7 Å². The Kier molecular flexibility index (Phi) is 4.93. The monoisotopic (exact) mass is 415 g/mol. The number of carbonyl (C=O) groups excluding carboxylic acids is 2. The van der Waals surface area contributed by atoms with Crippen LogP contribution in [0.3, 0.4) is 0 Å². The van der Waals surface area contributed by atoms with Crippen molar-refractivity contribution in [1.82, 2.24) is 9.38 Å². The zero-order chi connectivity index (χ0) is 20.5. The average molecular weight is 416 g/mol. The maximum absolute atomic E-state index is 12.5. The van der Waals surface area contributed by atoms with Crippen LogP contribution in [0.5, 0.6) is 0 Å². The number of thiazole rings is 1. The second-order valence-corrected chi connectivity index (χ2v) is 8.48. The molecule has 30 heavy (non-hydrogen) atoms. The summed E-state index contributed by atoms with van der Waals surface area (Å²) in [7, 11) is 0. The molecule has 0 unspecified atom stereocenters. The third-order valence-electron chi connectivity index (χ3n) is 5.56. The van der Waals surface area contributed by atoms with Crippen molar-refractivity contribution in [3.05, 3.63) is 76.9 Å². The lowest BCUT2D eigenvalue weighted by Crippen LogP contribution is -2.13. The van der Waals surface area contributed by atoms with Crippen molar-refractivity contribution in [2.75, 3.05) is 5.32 Å². The van der Waals surface area contributed by atoms with Crippen LogP contribution in [-0.2, 0) is 17.6 Å². The molecule has 5 rings (SSSR count). The minimum absolute atomic E-state index is 0.0231. The van der Waals surface area contributed by atoms with Crippen molar-refractivity contribution in [2.24, 2.45) is 0 Å². The Morgan fingerprint density at radius 3 is 2.70 bits per heavy atom. The van der Waals surface area contributed by atoms with Gasteiger partial charge in [0.05, 0.1) is 5.69 Å². The number of hydrogen-bond acceptors (Lipinski definition) is 4. The molecule has 150 valence electrons. The molecule has 0 fully saturated rings. The molecule has 1 aliphatic rings. The van der Waals surface area contributed by atoms with Crippen molar-refractivity contribution < 1.29 is 9.59 Å². The molecule has 0 saturated carbocycles. The number of carbonyl (C=O) groups is 2. The first kappa shape index (κ1) is 18.8. The second kappa shape index (κ2) is 7.88. The van der Waals surface area contributed by atoms with Crippen LogP contribution in [0.15, 0.2) is 60.2 Å². The van der Waals surface area contributed by atoms with Crippen LogP contribution in [0.4, 0.5) is 5.69 Å². The first-order valence-electron chi connectivity index (χ1n) is 10.1. The van der Waals surface area contributed by atoms with Gasteiger partial charge in [-0.3, -0.25) is 14.0 Å². The SMILES string of the molecule is O=C(CCC(=O)c1ccc2c(c1)CCC2)Nc1ccc(-c2cn3ccsc3n2)cc1. The Morgan fingerprint density at radius 1 is 1.03 bits per heavy atom. The third-order valence-corrected chi connectivity index (χ3v) is 6.33. The fraction of sp³-hybridized carbons (Fsp3) is 0.208. The smallest absolute Gasteiger partial charge is 0.224 e. The molecular formula is C24H21N3O2S. The highest BCUT2D eigenvalue weighted by Crippen LogP contribution is 2.24. The quantitative estimate of drug-likeness (QED) is 0.443. The summed E-state index contributed by atoms with van der Waals surface area (Å²) in [5.74, 6) is -0.130. The molecular weight excluding hydrogens is 394 g/mol. The van der Waals surface area contributed by atoms with Gasteiger partial charge in [0.2, 0.25) is 5.91 Å². The summed E-state index contributed by atoms with van der Waals surface area (Å²) in [5, 5.41) is 4.88. The van der Waals surface area contributed by atoms with E-state index in [0.717, 1.165) is 41.2 Å². The normalized spacial score (nSPS) is 12.8. The number of ketones is 1. The largest absolute Gasteiger partial charge is 0.326 e. The number of fused-ring (bicyclic) bond motifs is 2. The molecule has 2 aromatic heterocycles. The first-order valence-corrected chi connectivity index (χ1v) is 11.0. The minimum atomic E-state index is -0.153. The average Bonchev–Trinajstić information content (AvgIpc) is 3.48. The molecule has 1 aliphatic carbocycles. The molecule has 2 aromatic carbocycles. The predicted octanol–water partition coefficient (Wildman–Crippen LogP) is 5.15. The van der Waals surface area contributed by atoms with Crippen LogP contribution in [0.2, 0.25) is 0 Å². The van der Waals surface area contributed by atoms with E-state index in [2.05, 4.69) is 16.4 Å². The van der Waals surface area contributed by atoms with Crippen molar-refractivity contribution in [3.63, 3.8) is 0 Å². The van der Waals surface area contributed by atoms with Gasteiger partial charge < -0.3 is 5.32 Å².